The highest BCUT2D eigenvalue weighted by atomic mass is 16.3. The van der Waals surface area contributed by atoms with Gasteiger partial charge in [0.2, 0.25) is 0 Å². The van der Waals surface area contributed by atoms with Crippen molar-refractivity contribution in [2.24, 2.45) is 5.92 Å². The molecule has 19 heavy (non-hydrogen) atoms. The number of pyridine rings is 1. The Morgan fingerprint density at radius 1 is 1.26 bits per heavy atom. The number of aliphatic hydroxyl groups is 1. The van der Waals surface area contributed by atoms with Crippen LogP contribution in [0.25, 0.3) is 0 Å². The minimum atomic E-state index is -0.119. The molecule has 0 aromatic carbocycles. The summed E-state index contributed by atoms with van der Waals surface area (Å²) in [6.07, 6.45) is 4.67. The van der Waals surface area contributed by atoms with Gasteiger partial charge in [-0.05, 0) is 36.8 Å². The predicted molar refractivity (Wildman–Crippen MR) is 81.6 cm³/mol. The van der Waals surface area contributed by atoms with Crippen LogP contribution in [0.2, 0.25) is 0 Å². The maximum absolute atomic E-state index is 9.47. The molecule has 0 bridgehead atoms. The Morgan fingerprint density at radius 3 is 2.37 bits per heavy atom. The van der Waals surface area contributed by atoms with Gasteiger partial charge in [0, 0.05) is 19.3 Å². The van der Waals surface area contributed by atoms with Gasteiger partial charge in [-0.15, -0.1) is 0 Å². The van der Waals surface area contributed by atoms with Crippen LogP contribution in [0, 0.1) is 5.92 Å². The van der Waals surface area contributed by atoms with Crippen molar-refractivity contribution in [3.05, 3.63) is 23.9 Å². The second kappa shape index (κ2) is 8.16. The van der Waals surface area contributed by atoms with Gasteiger partial charge < -0.3 is 10.0 Å². The molecular weight excluding hydrogens is 236 g/mol. The van der Waals surface area contributed by atoms with Gasteiger partial charge in [-0.1, -0.05) is 33.8 Å². The summed E-state index contributed by atoms with van der Waals surface area (Å²) in [5.74, 6) is 1.72. The first kappa shape index (κ1) is 16.0. The van der Waals surface area contributed by atoms with Crippen molar-refractivity contribution in [1.82, 2.24) is 4.98 Å². The van der Waals surface area contributed by atoms with E-state index in [0.29, 0.717) is 5.92 Å². The maximum atomic E-state index is 9.47. The van der Waals surface area contributed by atoms with E-state index in [1.807, 2.05) is 20.0 Å². The molecule has 1 aliphatic heterocycles. The molecule has 0 saturated carbocycles. The average molecular weight is 264 g/mol. The molecule has 1 N–H and O–H groups in total. The van der Waals surface area contributed by atoms with Crippen molar-refractivity contribution in [2.75, 3.05) is 18.0 Å². The minimum absolute atomic E-state index is 0.119. The zero-order chi connectivity index (χ0) is 14.3. The molecule has 3 nitrogen and oxygen atoms in total. The van der Waals surface area contributed by atoms with Crippen LogP contribution in [0.3, 0.4) is 0 Å². The lowest BCUT2D eigenvalue weighted by Gasteiger charge is -2.30. The molecule has 1 aromatic rings. The van der Waals surface area contributed by atoms with E-state index in [-0.39, 0.29) is 6.10 Å². The summed E-state index contributed by atoms with van der Waals surface area (Å²) in [6, 6.07) is 4.28. The van der Waals surface area contributed by atoms with E-state index in [9.17, 15) is 5.11 Å². The molecule has 0 spiro atoms. The summed E-state index contributed by atoms with van der Waals surface area (Å²) in [5.41, 5.74) is 1.31. The van der Waals surface area contributed by atoms with Gasteiger partial charge in [-0.25, -0.2) is 4.98 Å². The van der Waals surface area contributed by atoms with Crippen molar-refractivity contribution in [3.63, 3.8) is 0 Å². The summed E-state index contributed by atoms with van der Waals surface area (Å²) >= 11 is 0. The highest BCUT2D eigenvalue weighted by molar-refractivity contribution is 5.39. The maximum Gasteiger partial charge on any atom is 0.128 e. The second-order valence-electron chi connectivity index (χ2n) is 5.34. The Morgan fingerprint density at radius 2 is 1.89 bits per heavy atom. The van der Waals surface area contributed by atoms with Gasteiger partial charge in [0.1, 0.15) is 5.82 Å². The number of anilines is 1. The summed E-state index contributed by atoms with van der Waals surface area (Å²) in [5, 5.41) is 9.47. The molecule has 108 valence electrons. The number of hydrogen-bond acceptors (Lipinski definition) is 3. The van der Waals surface area contributed by atoms with E-state index in [1.54, 1.807) is 0 Å². The van der Waals surface area contributed by atoms with Crippen LogP contribution >= 0.6 is 0 Å². The SMILES string of the molecule is CC.CC(C)Cc1ccc(N2CCC(O)CC2)nc1. The Bertz CT molecular complexity index is 340. The number of piperidine rings is 1. The van der Waals surface area contributed by atoms with Crippen LogP contribution in [-0.4, -0.2) is 29.3 Å². The predicted octanol–water partition coefficient (Wildman–Crippen LogP) is 3.27. The fourth-order valence-corrected chi connectivity index (χ4v) is 2.29. The number of rotatable bonds is 3. The summed E-state index contributed by atoms with van der Waals surface area (Å²) in [6.45, 7) is 10.3. The fourth-order valence-electron chi connectivity index (χ4n) is 2.29. The first-order chi connectivity index (χ1) is 9.15. The second-order valence-corrected chi connectivity index (χ2v) is 5.34. The van der Waals surface area contributed by atoms with Crippen LogP contribution in [-0.2, 0) is 6.42 Å². The van der Waals surface area contributed by atoms with E-state index in [2.05, 4.69) is 35.9 Å². The number of hydrogen-bond donors (Lipinski definition) is 1. The van der Waals surface area contributed by atoms with Gasteiger partial charge in [0.25, 0.3) is 0 Å². The Hall–Kier alpha value is -1.09. The molecule has 2 heterocycles. The Balaban J connectivity index is 0.000000861. The lowest BCUT2D eigenvalue weighted by Crippen LogP contribution is -2.36. The molecule has 1 fully saturated rings. The van der Waals surface area contributed by atoms with E-state index in [1.165, 1.54) is 5.56 Å². The first-order valence-electron chi connectivity index (χ1n) is 7.53. The zero-order valence-corrected chi connectivity index (χ0v) is 12.8. The minimum Gasteiger partial charge on any atom is -0.393 e. The monoisotopic (exact) mass is 264 g/mol. The van der Waals surface area contributed by atoms with Crippen LogP contribution < -0.4 is 4.90 Å². The van der Waals surface area contributed by atoms with E-state index in [0.717, 1.165) is 38.2 Å². The van der Waals surface area contributed by atoms with E-state index < -0.39 is 0 Å². The van der Waals surface area contributed by atoms with Gasteiger partial charge >= 0.3 is 0 Å². The normalized spacial score (nSPS) is 16.2. The standard InChI is InChI=1S/C14H22N2O.C2H6/c1-11(2)9-12-3-4-14(15-10-12)16-7-5-13(17)6-8-16;1-2/h3-4,10-11,13,17H,5-9H2,1-2H3;1-2H3. The Kier molecular flexibility index (Phi) is 6.85. The van der Waals surface area contributed by atoms with Gasteiger partial charge in [-0.3, -0.25) is 0 Å². The molecule has 0 radical (unpaired) electrons. The zero-order valence-electron chi connectivity index (χ0n) is 12.8. The third-order valence-corrected chi connectivity index (χ3v) is 3.24. The van der Waals surface area contributed by atoms with Crippen LogP contribution in [0.15, 0.2) is 18.3 Å². The van der Waals surface area contributed by atoms with Gasteiger partial charge in [0.15, 0.2) is 0 Å². The number of aliphatic hydroxyl groups excluding tert-OH is 1. The lowest BCUT2D eigenvalue weighted by molar-refractivity contribution is 0.145. The Labute approximate surface area is 117 Å². The molecule has 0 amide bonds. The first-order valence-corrected chi connectivity index (χ1v) is 7.53. The lowest BCUT2D eigenvalue weighted by atomic mass is 10.0. The third-order valence-electron chi connectivity index (χ3n) is 3.24. The van der Waals surface area contributed by atoms with Crippen molar-refractivity contribution < 1.29 is 5.11 Å². The highest BCUT2D eigenvalue weighted by Crippen LogP contribution is 2.18. The summed E-state index contributed by atoms with van der Waals surface area (Å²) in [7, 11) is 0. The van der Waals surface area contributed by atoms with Crippen LogP contribution in [0.1, 0.15) is 46.1 Å². The fraction of sp³-hybridized carbons (Fsp3) is 0.688. The molecular formula is C16H28N2O. The van der Waals surface area contributed by atoms with Crippen LogP contribution in [0.5, 0.6) is 0 Å². The molecule has 0 atom stereocenters. The van der Waals surface area contributed by atoms with Crippen molar-refractivity contribution in [1.29, 1.82) is 0 Å². The van der Waals surface area contributed by atoms with Gasteiger partial charge in [0.05, 0.1) is 6.10 Å². The largest absolute Gasteiger partial charge is 0.393 e. The van der Waals surface area contributed by atoms with Crippen molar-refractivity contribution >= 4 is 5.82 Å². The average Bonchev–Trinajstić information content (AvgIpc) is 2.42. The molecule has 0 aliphatic carbocycles. The quantitative estimate of drug-likeness (QED) is 0.910. The molecule has 1 aliphatic rings. The third kappa shape index (κ3) is 5.19. The van der Waals surface area contributed by atoms with Crippen molar-refractivity contribution in [3.8, 4) is 0 Å². The molecule has 1 saturated heterocycles. The number of nitrogens with zero attached hydrogens (tertiary/aromatic N) is 2. The van der Waals surface area contributed by atoms with Crippen LogP contribution in [0.4, 0.5) is 5.82 Å². The smallest absolute Gasteiger partial charge is 0.128 e. The van der Waals surface area contributed by atoms with E-state index in [4.69, 9.17) is 0 Å². The summed E-state index contributed by atoms with van der Waals surface area (Å²) < 4.78 is 0. The summed E-state index contributed by atoms with van der Waals surface area (Å²) in [4.78, 5) is 6.78. The molecule has 0 unspecified atom stereocenters. The van der Waals surface area contributed by atoms with E-state index >= 15 is 0 Å². The highest BCUT2D eigenvalue weighted by Gasteiger charge is 2.17. The molecule has 1 aromatic heterocycles. The van der Waals surface area contributed by atoms with Crippen molar-refractivity contribution in [2.45, 2.75) is 53.1 Å². The topological polar surface area (TPSA) is 36.4 Å². The number of aromatic nitrogens is 1. The van der Waals surface area contributed by atoms with Gasteiger partial charge in [-0.2, -0.15) is 0 Å². The molecule has 3 heteroatoms. The molecule has 2 rings (SSSR count).